The van der Waals surface area contributed by atoms with Gasteiger partial charge in [0.05, 0.1) is 23.9 Å². The Kier molecular flexibility index (Phi) is 4.13. The van der Waals surface area contributed by atoms with Crippen LogP contribution in [0.1, 0.15) is 45.3 Å². The van der Waals surface area contributed by atoms with E-state index >= 15 is 0 Å². The Hall–Kier alpha value is -3.21. The van der Waals surface area contributed by atoms with Gasteiger partial charge < -0.3 is 9.80 Å². The van der Waals surface area contributed by atoms with Gasteiger partial charge in [-0.25, -0.2) is 4.68 Å². The molecule has 26 heavy (non-hydrogen) atoms. The van der Waals surface area contributed by atoms with Crippen LogP contribution in [0.15, 0.2) is 30.5 Å². The fraction of sp³-hybridized carbons (Fsp3) is 0.389. The number of carbonyl (C=O) groups is 2. The molecule has 132 valence electrons. The first-order chi connectivity index (χ1) is 12.7. The molecule has 0 spiro atoms. The van der Waals surface area contributed by atoms with Crippen LogP contribution in [-0.4, -0.2) is 62.8 Å². The summed E-state index contributed by atoms with van der Waals surface area (Å²) >= 11 is 0. The van der Waals surface area contributed by atoms with E-state index in [1.165, 1.54) is 0 Å². The molecule has 3 heterocycles. The molecule has 8 heteroatoms. The molecule has 8 nitrogen and oxygen atoms in total. The molecule has 4 rings (SSSR count). The minimum atomic E-state index is -0.0708. The van der Waals surface area contributed by atoms with Crippen LogP contribution in [0, 0.1) is 11.3 Å². The lowest BCUT2D eigenvalue weighted by molar-refractivity contribution is 0.0498. The highest BCUT2D eigenvalue weighted by atomic mass is 16.2. The Morgan fingerprint density at radius 2 is 1.73 bits per heavy atom. The van der Waals surface area contributed by atoms with Crippen molar-refractivity contribution < 1.29 is 9.59 Å². The maximum absolute atomic E-state index is 12.4. The van der Waals surface area contributed by atoms with Crippen molar-refractivity contribution in [3.05, 3.63) is 47.3 Å². The molecule has 0 saturated carbocycles. The predicted molar refractivity (Wildman–Crippen MR) is 91.3 cm³/mol. The van der Waals surface area contributed by atoms with Crippen molar-refractivity contribution in [3.8, 4) is 6.07 Å². The molecule has 0 unspecified atom stereocenters. The fourth-order valence-electron chi connectivity index (χ4n) is 3.29. The molecule has 2 amide bonds. The third-order valence-corrected chi connectivity index (χ3v) is 4.91. The summed E-state index contributed by atoms with van der Waals surface area (Å²) in [7, 11) is 0. The molecular weight excluding hydrogens is 332 g/mol. The van der Waals surface area contributed by atoms with Gasteiger partial charge in [0.15, 0.2) is 5.69 Å². The Labute approximate surface area is 150 Å². The van der Waals surface area contributed by atoms with Crippen LogP contribution in [0.3, 0.4) is 0 Å². The fourth-order valence-corrected chi connectivity index (χ4v) is 3.29. The first kappa shape index (κ1) is 16.3. The summed E-state index contributed by atoms with van der Waals surface area (Å²) in [4.78, 5) is 28.3. The molecule has 0 radical (unpaired) electrons. The summed E-state index contributed by atoms with van der Waals surface area (Å²) in [6.07, 6.45) is 3.75. The molecular formula is C18H18N6O2. The zero-order valence-corrected chi connectivity index (χ0v) is 14.2. The van der Waals surface area contributed by atoms with Gasteiger partial charge in [0.2, 0.25) is 0 Å². The zero-order chi connectivity index (χ0) is 18.1. The van der Waals surface area contributed by atoms with Crippen molar-refractivity contribution in [3.63, 3.8) is 0 Å². The van der Waals surface area contributed by atoms with Crippen molar-refractivity contribution in [2.24, 2.45) is 0 Å². The first-order valence-corrected chi connectivity index (χ1v) is 8.66. The number of nitriles is 1. The minimum absolute atomic E-state index is 0.0324. The molecule has 2 aromatic rings. The van der Waals surface area contributed by atoms with Gasteiger partial charge in [-0.3, -0.25) is 9.59 Å². The third kappa shape index (κ3) is 2.92. The standard InChI is InChI=1S/C18H18N6O2/c19-9-13-3-5-14(6-4-13)17(25)23-10-15(11-23)24-12-16(20-21-24)18(26)22-7-1-2-8-22/h3-6,12,15H,1-2,7-8,10-11H2. The van der Waals surface area contributed by atoms with Crippen LogP contribution in [0.4, 0.5) is 0 Å². The molecule has 0 aliphatic carbocycles. The van der Waals surface area contributed by atoms with Gasteiger partial charge in [0.1, 0.15) is 0 Å². The largest absolute Gasteiger partial charge is 0.337 e. The molecule has 2 aliphatic heterocycles. The van der Waals surface area contributed by atoms with Crippen LogP contribution in [0.2, 0.25) is 0 Å². The first-order valence-electron chi connectivity index (χ1n) is 8.66. The van der Waals surface area contributed by atoms with Crippen LogP contribution < -0.4 is 0 Å². The Bertz CT molecular complexity index is 870. The van der Waals surface area contributed by atoms with Crippen molar-refractivity contribution in [1.82, 2.24) is 24.8 Å². The second-order valence-electron chi connectivity index (χ2n) is 6.64. The molecule has 0 bridgehead atoms. The minimum Gasteiger partial charge on any atom is -0.337 e. The van der Waals surface area contributed by atoms with E-state index in [0.717, 1.165) is 25.9 Å². The number of hydrogen-bond acceptors (Lipinski definition) is 5. The summed E-state index contributed by atoms with van der Waals surface area (Å²) in [6, 6.07) is 8.67. The number of rotatable bonds is 3. The number of likely N-dealkylation sites (tertiary alicyclic amines) is 2. The summed E-state index contributed by atoms with van der Waals surface area (Å²) in [5.41, 5.74) is 1.45. The smallest absolute Gasteiger partial charge is 0.276 e. The summed E-state index contributed by atoms with van der Waals surface area (Å²) in [5.74, 6) is -0.141. The number of benzene rings is 1. The SMILES string of the molecule is N#Cc1ccc(C(=O)N2CC(n3cc(C(=O)N4CCCC4)nn3)C2)cc1. The molecule has 0 N–H and O–H groups in total. The zero-order valence-electron chi connectivity index (χ0n) is 14.2. The van der Waals surface area contributed by atoms with Crippen molar-refractivity contribution >= 4 is 11.8 Å². The van der Waals surface area contributed by atoms with Crippen LogP contribution >= 0.6 is 0 Å². The molecule has 0 atom stereocenters. The molecule has 1 aromatic heterocycles. The summed E-state index contributed by atoms with van der Waals surface area (Å²) in [6.45, 7) is 2.61. The van der Waals surface area contributed by atoms with Gasteiger partial charge in [-0.05, 0) is 37.1 Å². The van der Waals surface area contributed by atoms with Gasteiger partial charge in [-0.2, -0.15) is 5.26 Å². The van der Waals surface area contributed by atoms with E-state index in [1.54, 1.807) is 44.9 Å². The number of nitrogens with zero attached hydrogens (tertiary/aromatic N) is 6. The molecule has 1 aromatic carbocycles. The quantitative estimate of drug-likeness (QED) is 0.825. The number of aromatic nitrogens is 3. The van der Waals surface area contributed by atoms with E-state index in [2.05, 4.69) is 10.3 Å². The van der Waals surface area contributed by atoms with Crippen LogP contribution in [-0.2, 0) is 0 Å². The van der Waals surface area contributed by atoms with Crippen LogP contribution in [0.25, 0.3) is 0 Å². The van der Waals surface area contributed by atoms with E-state index in [1.807, 2.05) is 6.07 Å². The van der Waals surface area contributed by atoms with E-state index in [0.29, 0.717) is 29.9 Å². The maximum Gasteiger partial charge on any atom is 0.276 e. The van der Waals surface area contributed by atoms with Crippen molar-refractivity contribution in [2.75, 3.05) is 26.2 Å². The van der Waals surface area contributed by atoms with E-state index in [4.69, 9.17) is 5.26 Å². The normalized spacial score (nSPS) is 17.0. The molecule has 2 fully saturated rings. The molecule has 2 saturated heterocycles. The number of amides is 2. The van der Waals surface area contributed by atoms with Crippen molar-refractivity contribution in [1.29, 1.82) is 5.26 Å². The monoisotopic (exact) mass is 350 g/mol. The van der Waals surface area contributed by atoms with E-state index < -0.39 is 0 Å². The Balaban J connectivity index is 1.36. The highest BCUT2D eigenvalue weighted by Crippen LogP contribution is 2.23. The maximum atomic E-state index is 12.4. The second kappa shape index (κ2) is 6.59. The van der Waals surface area contributed by atoms with E-state index in [9.17, 15) is 9.59 Å². The lowest BCUT2D eigenvalue weighted by Gasteiger charge is -2.38. The van der Waals surface area contributed by atoms with Gasteiger partial charge in [0.25, 0.3) is 11.8 Å². The Morgan fingerprint density at radius 3 is 2.38 bits per heavy atom. The van der Waals surface area contributed by atoms with Crippen LogP contribution in [0.5, 0.6) is 0 Å². The van der Waals surface area contributed by atoms with Gasteiger partial charge in [-0.15, -0.1) is 5.10 Å². The highest BCUT2D eigenvalue weighted by Gasteiger charge is 2.34. The topological polar surface area (TPSA) is 95.1 Å². The Morgan fingerprint density at radius 1 is 1.04 bits per heavy atom. The van der Waals surface area contributed by atoms with Gasteiger partial charge in [0, 0.05) is 31.7 Å². The number of carbonyl (C=O) groups excluding carboxylic acids is 2. The lowest BCUT2D eigenvalue weighted by atomic mass is 10.1. The number of hydrogen-bond donors (Lipinski definition) is 0. The van der Waals surface area contributed by atoms with Gasteiger partial charge >= 0.3 is 0 Å². The second-order valence-corrected chi connectivity index (χ2v) is 6.64. The summed E-state index contributed by atoms with van der Waals surface area (Å²) < 4.78 is 1.67. The predicted octanol–water partition coefficient (Wildman–Crippen LogP) is 1.08. The average Bonchev–Trinajstić information content (AvgIpc) is 3.32. The average molecular weight is 350 g/mol. The lowest BCUT2D eigenvalue weighted by Crippen LogP contribution is -2.50. The van der Waals surface area contributed by atoms with Gasteiger partial charge in [-0.1, -0.05) is 5.21 Å². The highest BCUT2D eigenvalue weighted by molar-refractivity contribution is 5.95. The van der Waals surface area contributed by atoms with E-state index in [-0.39, 0.29) is 17.9 Å². The summed E-state index contributed by atoms with van der Waals surface area (Å²) in [5, 5.41) is 16.9. The van der Waals surface area contributed by atoms with Crippen molar-refractivity contribution in [2.45, 2.75) is 18.9 Å². The molecule has 2 aliphatic rings. The third-order valence-electron chi connectivity index (χ3n) is 4.91.